The molecule has 0 aliphatic carbocycles. The number of hydrogen-bond acceptors (Lipinski definition) is 3. The number of aryl methyl sites for hydroxylation is 2. The Morgan fingerprint density at radius 2 is 1.78 bits per heavy atom. The first kappa shape index (κ1) is 18.0. The topological polar surface area (TPSA) is 57.7 Å². The van der Waals surface area contributed by atoms with Crippen molar-refractivity contribution in [1.29, 1.82) is 0 Å². The molecule has 2 heterocycles. The van der Waals surface area contributed by atoms with E-state index in [1.54, 1.807) is 23.1 Å². The van der Waals surface area contributed by atoms with Crippen molar-refractivity contribution in [2.45, 2.75) is 32.5 Å². The number of rotatable bonds is 3. The Hall–Kier alpha value is -2.41. The van der Waals surface area contributed by atoms with Gasteiger partial charge in [0.25, 0.3) is 0 Å². The van der Waals surface area contributed by atoms with Crippen LogP contribution in [0.25, 0.3) is 0 Å². The Morgan fingerprint density at radius 3 is 2.52 bits per heavy atom. The molecule has 0 spiro atoms. The summed E-state index contributed by atoms with van der Waals surface area (Å²) in [6, 6.07) is 10.9. The van der Waals surface area contributed by atoms with Crippen LogP contribution in [-0.4, -0.2) is 42.9 Å². The molecule has 7 heteroatoms. The lowest BCUT2D eigenvalue weighted by atomic mass is 10.1. The van der Waals surface area contributed by atoms with Crippen LogP contribution in [-0.2, 0) is 16.4 Å². The van der Waals surface area contributed by atoms with Gasteiger partial charge >= 0.3 is 6.03 Å². The molecule has 2 aromatic rings. The summed E-state index contributed by atoms with van der Waals surface area (Å²) in [6.07, 6.45) is 0. The van der Waals surface area contributed by atoms with Crippen LogP contribution in [0.4, 0.5) is 14.9 Å². The van der Waals surface area contributed by atoms with Crippen molar-refractivity contribution in [2.24, 2.45) is 0 Å². The second-order valence-electron chi connectivity index (χ2n) is 7.37. The molecule has 0 N–H and O–H groups in total. The maximum atomic E-state index is 14.1. The maximum Gasteiger partial charge on any atom is 0.325 e. The van der Waals surface area contributed by atoms with Gasteiger partial charge in [-0.05, 0) is 37.1 Å². The van der Waals surface area contributed by atoms with Gasteiger partial charge in [-0.15, -0.1) is 0 Å². The molecule has 0 aromatic heterocycles. The molecule has 0 bridgehead atoms. The molecular weight excluding hydrogens is 367 g/mol. The van der Waals surface area contributed by atoms with Gasteiger partial charge in [-0.3, -0.25) is 4.90 Å². The summed E-state index contributed by atoms with van der Waals surface area (Å²) in [5.74, 6) is -0.544. The van der Waals surface area contributed by atoms with Crippen molar-refractivity contribution in [1.82, 2.24) is 4.90 Å². The third kappa shape index (κ3) is 3.10. The first-order valence-electron chi connectivity index (χ1n) is 8.88. The Kier molecular flexibility index (Phi) is 4.22. The van der Waals surface area contributed by atoms with E-state index in [2.05, 4.69) is 0 Å². The molecule has 4 rings (SSSR count). The van der Waals surface area contributed by atoms with E-state index >= 15 is 0 Å². The Balaban J connectivity index is 1.76. The lowest BCUT2D eigenvalue weighted by Gasteiger charge is -2.24. The predicted molar refractivity (Wildman–Crippen MR) is 102 cm³/mol. The summed E-state index contributed by atoms with van der Waals surface area (Å²) in [5, 5.41) is 0. The SMILES string of the molecule is Cc1ccc(C)c(N2C(=O)N(Cc3ccccc3F)[C@@H]3CS(=O)(=O)C[C@@H]32)c1. The molecule has 5 nitrogen and oxygen atoms in total. The fourth-order valence-electron chi connectivity index (χ4n) is 4.03. The quantitative estimate of drug-likeness (QED) is 0.760. The number of nitrogens with zero attached hydrogens (tertiary/aromatic N) is 2. The van der Waals surface area contributed by atoms with Crippen LogP contribution in [0.15, 0.2) is 42.5 Å². The minimum absolute atomic E-state index is 0.0591. The van der Waals surface area contributed by atoms with Gasteiger partial charge in [0.1, 0.15) is 5.82 Å². The largest absolute Gasteiger partial charge is 0.325 e. The van der Waals surface area contributed by atoms with E-state index in [4.69, 9.17) is 0 Å². The van der Waals surface area contributed by atoms with Gasteiger partial charge in [0.05, 0.1) is 30.1 Å². The van der Waals surface area contributed by atoms with Crippen LogP contribution in [0.3, 0.4) is 0 Å². The van der Waals surface area contributed by atoms with E-state index in [1.807, 2.05) is 32.0 Å². The molecular formula is C20H21FN2O3S. The number of anilines is 1. The third-order valence-electron chi connectivity index (χ3n) is 5.40. The fourth-order valence-corrected chi connectivity index (χ4v) is 5.98. The number of halogens is 1. The highest BCUT2D eigenvalue weighted by atomic mass is 32.2. The van der Waals surface area contributed by atoms with Crippen LogP contribution in [0.2, 0.25) is 0 Å². The molecule has 2 atom stereocenters. The zero-order chi connectivity index (χ0) is 19.3. The van der Waals surface area contributed by atoms with Gasteiger partial charge in [0.2, 0.25) is 0 Å². The van der Waals surface area contributed by atoms with Gasteiger partial charge in [-0.2, -0.15) is 0 Å². The number of carbonyl (C=O) groups is 1. The van der Waals surface area contributed by atoms with E-state index in [9.17, 15) is 17.6 Å². The van der Waals surface area contributed by atoms with Crippen LogP contribution < -0.4 is 4.90 Å². The van der Waals surface area contributed by atoms with Gasteiger partial charge in [0.15, 0.2) is 9.84 Å². The van der Waals surface area contributed by atoms with Gasteiger partial charge in [-0.25, -0.2) is 17.6 Å². The first-order valence-corrected chi connectivity index (χ1v) is 10.7. The number of sulfone groups is 1. The van der Waals surface area contributed by atoms with Crippen molar-refractivity contribution in [3.05, 3.63) is 65.0 Å². The van der Waals surface area contributed by atoms with Gasteiger partial charge in [0, 0.05) is 11.3 Å². The second-order valence-corrected chi connectivity index (χ2v) is 9.53. The van der Waals surface area contributed by atoms with E-state index in [0.717, 1.165) is 16.8 Å². The van der Waals surface area contributed by atoms with Crippen molar-refractivity contribution in [3.63, 3.8) is 0 Å². The normalized spacial score (nSPS) is 23.7. The minimum atomic E-state index is -3.26. The Labute approximate surface area is 158 Å². The summed E-state index contributed by atoms with van der Waals surface area (Å²) in [5.41, 5.74) is 3.01. The molecule has 2 saturated heterocycles. The molecule has 2 aromatic carbocycles. The summed E-state index contributed by atoms with van der Waals surface area (Å²) < 4.78 is 38.7. The van der Waals surface area contributed by atoms with Crippen molar-refractivity contribution in [2.75, 3.05) is 16.4 Å². The highest BCUT2D eigenvalue weighted by molar-refractivity contribution is 7.91. The fraction of sp³-hybridized carbons (Fsp3) is 0.350. The molecule has 0 unspecified atom stereocenters. The Morgan fingerprint density at radius 1 is 1.07 bits per heavy atom. The van der Waals surface area contributed by atoms with Crippen LogP contribution >= 0.6 is 0 Å². The average Bonchev–Trinajstić information content (AvgIpc) is 3.03. The monoisotopic (exact) mass is 388 g/mol. The molecule has 2 fully saturated rings. The standard InChI is InChI=1S/C20H21FN2O3S/c1-13-7-8-14(2)17(9-13)23-19-12-27(25,26)11-18(19)22(20(23)24)10-15-5-3-4-6-16(15)21/h3-9,18-19H,10-12H2,1-2H3/t18-,19+/m1/s1. The maximum absolute atomic E-state index is 14.1. The smallest absolute Gasteiger partial charge is 0.314 e. The van der Waals surface area contributed by atoms with Crippen molar-refractivity contribution >= 4 is 21.6 Å². The highest BCUT2D eigenvalue weighted by Gasteiger charge is 2.54. The third-order valence-corrected chi connectivity index (χ3v) is 7.10. The van der Waals surface area contributed by atoms with Crippen LogP contribution in [0.1, 0.15) is 16.7 Å². The molecule has 142 valence electrons. The summed E-state index contributed by atoms with van der Waals surface area (Å²) >= 11 is 0. The van der Waals surface area contributed by atoms with Gasteiger partial charge < -0.3 is 4.90 Å². The lowest BCUT2D eigenvalue weighted by molar-refractivity contribution is 0.205. The molecule has 0 saturated carbocycles. The number of fused-ring (bicyclic) bond motifs is 1. The number of hydrogen-bond donors (Lipinski definition) is 0. The molecule has 27 heavy (non-hydrogen) atoms. The molecule has 0 radical (unpaired) electrons. The molecule has 2 aliphatic rings. The summed E-state index contributed by atoms with van der Waals surface area (Å²) in [6.45, 7) is 3.90. The zero-order valence-corrected chi connectivity index (χ0v) is 16.0. The second kappa shape index (κ2) is 6.34. The average molecular weight is 388 g/mol. The zero-order valence-electron chi connectivity index (χ0n) is 15.2. The summed E-state index contributed by atoms with van der Waals surface area (Å²) in [4.78, 5) is 16.3. The van der Waals surface area contributed by atoms with Crippen molar-refractivity contribution < 1.29 is 17.6 Å². The van der Waals surface area contributed by atoms with E-state index < -0.39 is 27.7 Å². The number of carbonyl (C=O) groups excluding carboxylic acids is 1. The van der Waals surface area contributed by atoms with E-state index in [1.165, 1.54) is 11.0 Å². The number of urea groups is 1. The molecule has 2 aliphatic heterocycles. The highest BCUT2D eigenvalue weighted by Crippen LogP contribution is 2.37. The Bertz CT molecular complexity index is 1020. The van der Waals surface area contributed by atoms with Crippen LogP contribution in [0.5, 0.6) is 0 Å². The number of amides is 2. The van der Waals surface area contributed by atoms with E-state index in [-0.39, 0.29) is 24.1 Å². The first-order chi connectivity index (χ1) is 12.8. The number of benzene rings is 2. The van der Waals surface area contributed by atoms with E-state index in [0.29, 0.717) is 5.56 Å². The predicted octanol–water partition coefficient (Wildman–Crippen LogP) is 3.05. The van der Waals surface area contributed by atoms with Gasteiger partial charge in [-0.1, -0.05) is 30.3 Å². The minimum Gasteiger partial charge on any atom is -0.314 e. The lowest BCUT2D eigenvalue weighted by Crippen LogP contribution is -2.38. The van der Waals surface area contributed by atoms with Crippen LogP contribution in [0, 0.1) is 19.7 Å². The molecule has 2 amide bonds. The summed E-state index contributed by atoms with van der Waals surface area (Å²) in [7, 11) is -3.26. The van der Waals surface area contributed by atoms with Crippen molar-refractivity contribution in [3.8, 4) is 0 Å².